The number of aromatic nitrogens is 1. The number of esters is 1. The Kier molecular flexibility index (Phi) is 6.01. The fraction of sp³-hybridized carbons (Fsp3) is 0.500. The van der Waals surface area contributed by atoms with Crippen LogP contribution in [0.4, 0.5) is 4.79 Å². The number of nitrogens with zero attached hydrogens (tertiary/aromatic N) is 1. The van der Waals surface area contributed by atoms with E-state index >= 15 is 0 Å². The minimum absolute atomic E-state index is 0.257. The number of pyridine rings is 1. The summed E-state index contributed by atoms with van der Waals surface area (Å²) < 4.78 is 4.87. The number of carbonyl (C=O) groups excluding carboxylic acids is 2. The van der Waals surface area contributed by atoms with Crippen LogP contribution in [0.5, 0.6) is 0 Å². The van der Waals surface area contributed by atoms with Gasteiger partial charge in [0.2, 0.25) is 0 Å². The Hall–Kier alpha value is -1.56. The first kappa shape index (κ1) is 16.5. The molecule has 0 aliphatic carbocycles. The highest BCUT2D eigenvalue weighted by Gasteiger charge is 2.26. The second kappa shape index (κ2) is 7.28. The van der Waals surface area contributed by atoms with Crippen LogP contribution in [0, 0.1) is 0 Å². The summed E-state index contributed by atoms with van der Waals surface area (Å²) >= 11 is 0.929. The van der Waals surface area contributed by atoms with Crippen molar-refractivity contribution in [3.8, 4) is 0 Å². The summed E-state index contributed by atoms with van der Waals surface area (Å²) in [4.78, 5) is 27.4. The van der Waals surface area contributed by atoms with Crippen LogP contribution in [-0.4, -0.2) is 28.0 Å². The first-order valence-corrected chi connectivity index (χ1v) is 7.30. The largest absolute Gasteiger partial charge is 0.465 e. The number of thioether (sulfide) groups is 1. The van der Waals surface area contributed by atoms with Crippen LogP contribution in [0.25, 0.3) is 0 Å². The maximum Gasteiger partial charge on any atom is 0.319 e. The second-order valence-electron chi connectivity index (χ2n) is 4.79. The van der Waals surface area contributed by atoms with Gasteiger partial charge in [-0.15, -0.1) is 0 Å². The van der Waals surface area contributed by atoms with Crippen LogP contribution < -0.4 is 5.32 Å². The van der Waals surface area contributed by atoms with Gasteiger partial charge in [-0.2, -0.15) is 0 Å². The normalized spacial score (nSPS) is 12.6. The van der Waals surface area contributed by atoms with E-state index in [0.717, 1.165) is 17.3 Å². The Labute approximate surface area is 123 Å². The molecule has 110 valence electrons. The van der Waals surface area contributed by atoms with Crippen LogP contribution in [0.2, 0.25) is 0 Å². The lowest BCUT2D eigenvalue weighted by Gasteiger charge is -2.26. The van der Waals surface area contributed by atoms with Gasteiger partial charge in [0.1, 0.15) is 5.25 Å². The maximum absolute atomic E-state index is 12.0. The Balaban J connectivity index is 2.60. The third-order valence-corrected chi connectivity index (χ3v) is 3.58. The summed E-state index contributed by atoms with van der Waals surface area (Å²) in [5.41, 5.74) is 0.423. The predicted molar refractivity (Wildman–Crippen MR) is 79.5 cm³/mol. The van der Waals surface area contributed by atoms with E-state index < -0.39 is 10.8 Å². The highest BCUT2D eigenvalue weighted by molar-refractivity contribution is 8.14. The Morgan fingerprint density at radius 3 is 2.55 bits per heavy atom. The van der Waals surface area contributed by atoms with Crippen molar-refractivity contribution in [2.45, 2.75) is 38.5 Å². The molecule has 1 atom stereocenters. The minimum atomic E-state index is -0.526. The molecule has 20 heavy (non-hydrogen) atoms. The molecule has 1 unspecified atom stereocenters. The van der Waals surface area contributed by atoms with Gasteiger partial charge in [0.25, 0.3) is 5.24 Å². The Morgan fingerprint density at radius 1 is 1.40 bits per heavy atom. The molecule has 1 N–H and O–H groups in total. The topological polar surface area (TPSA) is 68.3 Å². The minimum Gasteiger partial charge on any atom is -0.465 e. The molecule has 0 aliphatic heterocycles. The van der Waals surface area contributed by atoms with Crippen LogP contribution in [0.15, 0.2) is 24.5 Å². The zero-order valence-electron chi connectivity index (χ0n) is 12.2. The Morgan fingerprint density at radius 2 is 2.00 bits per heavy atom. The fourth-order valence-corrected chi connectivity index (χ4v) is 2.39. The molecule has 0 aromatic carbocycles. The summed E-state index contributed by atoms with van der Waals surface area (Å²) in [5.74, 6) is -0.380. The molecular weight excluding hydrogens is 276 g/mol. The van der Waals surface area contributed by atoms with E-state index in [9.17, 15) is 9.59 Å². The molecule has 5 nitrogen and oxygen atoms in total. The molecule has 6 heteroatoms. The number of amides is 1. The van der Waals surface area contributed by atoms with Crippen LogP contribution in [-0.2, 0) is 15.1 Å². The number of hydrogen-bond acceptors (Lipinski definition) is 5. The molecule has 1 amide bonds. The third-order valence-electron chi connectivity index (χ3n) is 2.72. The van der Waals surface area contributed by atoms with Gasteiger partial charge in [0.05, 0.1) is 12.1 Å². The molecule has 0 fully saturated rings. The van der Waals surface area contributed by atoms with Crippen molar-refractivity contribution >= 4 is 23.0 Å². The van der Waals surface area contributed by atoms with E-state index in [1.807, 2.05) is 26.0 Å². The molecule has 0 saturated heterocycles. The van der Waals surface area contributed by atoms with E-state index in [1.165, 1.54) is 0 Å². The summed E-state index contributed by atoms with van der Waals surface area (Å²) in [5, 5.41) is 2.11. The van der Waals surface area contributed by atoms with Gasteiger partial charge >= 0.3 is 5.97 Å². The molecule has 0 spiro atoms. The predicted octanol–water partition coefficient (Wildman–Crippen LogP) is 2.71. The molecule has 0 saturated carbocycles. The second-order valence-corrected chi connectivity index (χ2v) is 6.10. The zero-order valence-corrected chi connectivity index (χ0v) is 13.0. The average Bonchev–Trinajstić information content (AvgIpc) is 2.39. The third kappa shape index (κ3) is 4.85. The van der Waals surface area contributed by atoms with Crippen molar-refractivity contribution in [1.29, 1.82) is 0 Å². The molecule has 0 aliphatic rings. The SMILES string of the molecule is CCOC(=O)C(C)SC(=O)NC(C)(C)c1ccncc1. The molecule has 1 aromatic rings. The van der Waals surface area contributed by atoms with Gasteiger partial charge in [-0.3, -0.25) is 14.6 Å². The van der Waals surface area contributed by atoms with E-state index in [-0.39, 0.29) is 11.2 Å². The van der Waals surface area contributed by atoms with Crippen molar-refractivity contribution in [2.24, 2.45) is 0 Å². The molecule has 1 aromatic heterocycles. The quantitative estimate of drug-likeness (QED) is 0.846. The number of nitrogens with one attached hydrogen (secondary N) is 1. The number of ether oxygens (including phenoxy) is 1. The number of carbonyl (C=O) groups is 2. The smallest absolute Gasteiger partial charge is 0.319 e. The average molecular weight is 296 g/mol. The van der Waals surface area contributed by atoms with Crippen molar-refractivity contribution in [1.82, 2.24) is 10.3 Å². The lowest BCUT2D eigenvalue weighted by molar-refractivity contribution is -0.142. The van der Waals surface area contributed by atoms with E-state index in [1.54, 1.807) is 26.2 Å². The highest BCUT2D eigenvalue weighted by atomic mass is 32.2. The molecule has 1 heterocycles. The van der Waals surface area contributed by atoms with Gasteiger partial charge in [-0.05, 0) is 45.4 Å². The fourth-order valence-electron chi connectivity index (χ4n) is 1.59. The van der Waals surface area contributed by atoms with Gasteiger partial charge < -0.3 is 10.1 Å². The van der Waals surface area contributed by atoms with Crippen LogP contribution in [0.1, 0.15) is 33.3 Å². The Bertz CT molecular complexity index is 463. The van der Waals surface area contributed by atoms with Crippen molar-refractivity contribution in [3.63, 3.8) is 0 Å². The van der Waals surface area contributed by atoms with E-state index in [0.29, 0.717) is 6.61 Å². The van der Waals surface area contributed by atoms with Crippen molar-refractivity contribution in [2.75, 3.05) is 6.61 Å². The van der Waals surface area contributed by atoms with Gasteiger partial charge in [-0.1, -0.05) is 11.8 Å². The summed E-state index contributed by atoms with van der Waals surface area (Å²) in [7, 11) is 0. The summed E-state index contributed by atoms with van der Waals surface area (Å²) in [6, 6.07) is 3.69. The van der Waals surface area contributed by atoms with Gasteiger partial charge in [0, 0.05) is 12.4 Å². The summed E-state index contributed by atoms with van der Waals surface area (Å²) in [6.07, 6.45) is 3.36. The highest BCUT2D eigenvalue weighted by Crippen LogP contribution is 2.22. The monoisotopic (exact) mass is 296 g/mol. The van der Waals surface area contributed by atoms with E-state index in [4.69, 9.17) is 4.74 Å². The number of rotatable bonds is 5. The standard InChI is InChI=1S/C14H20N2O3S/c1-5-19-12(17)10(2)20-13(18)16-14(3,4)11-6-8-15-9-7-11/h6-10H,5H2,1-4H3,(H,16,18). The first-order chi connectivity index (χ1) is 9.36. The van der Waals surface area contributed by atoms with Crippen molar-refractivity contribution < 1.29 is 14.3 Å². The van der Waals surface area contributed by atoms with Gasteiger partial charge in [-0.25, -0.2) is 0 Å². The number of hydrogen-bond donors (Lipinski definition) is 1. The van der Waals surface area contributed by atoms with Crippen LogP contribution >= 0.6 is 11.8 Å². The molecule has 0 bridgehead atoms. The van der Waals surface area contributed by atoms with Crippen LogP contribution in [0.3, 0.4) is 0 Å². The van der Waals surface area contributed by atoms with Gasteiger partial charge in [0.15, 0.2) is 0 Å². The maximum atomic E-state index is 12.0. The van der Waals surface area contributed by atoms with Crippen molar-refractivity contribution in [3.05, 3.63) is 30.1 Å². The zero-order chi connectivity index (χ0) is 15.2. The molecular formula is C14H20N2O3S. The molecule has 1 rings (SSSR count). The lowest BCUT2D eigenvalue weighted by atomic mass is 9.96. The summed E-state index contributed by atoms with van der Waals surface area (Å²) in [6.45, 7) is 7.50. The first-order valence-electron chi connectivity index (χ1n) is 6.42. The molecule has 0 radical (unpaired) electrons. The lowest BCUT2D eigenvalue weighted by Crippen LogP contribution is -2.40. The van der Waals surface area contributed by atoms with E-state index in [2.05, 4.69) is 10.3 Å².